The Labute approximate surface area is 190 Å². The molecule has 4 nitrogen and oxygen atoms in total. The summed E-state index contributed by atoms with van der Waals surface area (Å²) in [6.45, 7) is 0.428. The number of aliphatic imine (C=N–C) groups is 1. The molecule has 0 fully saturated rings. The van der Waals surface area contributed by atoms with E-state index in [-0.39, 0.29) is 22.5 Å². The van der Waals surface area contributed by atoms with Crippen LogP contribution in [0.2, 0.25) is 5.02 Å². The summed E-state index contributed by atoms with van der Waals surface area (Å²) in [6, 6.07) is 26.5. The van der Waals surface area contributed by atoms with Gasteiger partial charge in [0.25, 0.3) is 5.91 Å². The number of aliphatic hydroxyl groups is 1. The summed E-state index contributed by atoms with van der Waals surface area (Å²) < 4.78 is 0. The highest BCUT2D eigenvalue weighted by Crippen LogP contribution is 2.37. The molecule has 1 amide bonds. The standard InChI is InChI=1S/C25H21ClN2O2S/c26-20-14-8-7-11-18(20)15-21-23(29)22(24(30)28-19-12-5-2-6-13-19)25(31-21)27-16-17-9-3-1-4-10-17/h1-14,21,29H,15-16H2,(H,28,30)/t21-/m0/s1. The van der Waals surface area contributed by atoms with Gasteiger partial charge in [-0.1, -0.05) is 90.1 Å². The molecule has 1 atom stereocenters. The van der Waals surface area contributed by atoms with Crippen LogP contribution < -0.4 is 5.32 Å². The maximum absolute atomic E-state index is 13.1. The molecule has 156 valence electrons. The number of hydrogen-bond donors (Lipinski definition) is 2. The highest BCUT2D eigenvalue weighted by Gasteiger charge is 2.36. The Kier molecular flexibility index (Phi) is 6.75. The maximum atomic E-state index is 13.1. The van der Waals surface area contributed by atoms with Crippen molar-refractivity contribution in [2.45, 2.75) is 18.2 Å². The van der Waals surface area contributed by atoms with Crippen LogP contribution in [0, 0.1) is 0 Å². The molecular weight excluding hydrogens is 428 g/mol. The summed E-state index contributed by atoms with van der Waals surface area (Å²) in [7, 11) is 0. The zero-order chi connectivity index (χ0) is 21.6. The first-order valence-corrected chi connectivity index (χ1v) is 11.2. The lowest BCUT2D eigenvalue weighted by molar-refractivity contribution is -0.112. The summed E-state index contributed by atoms with van der Waals surface area (Å²) in [5.74, 6) is -0.338. The molecule has 3 aromatic rings. The Morgan fingerprint density at radius 1 is 0.968 bits per heavy atom. The smallest absolute Gasteiger partial charge is 0.261 e. The minimum atomic E-state index is -0.371. The molecule has 6 heteroatoms. The zero-order valence-corrected chi connectivity index (χ0v) is 18.2. The number of para-hydroxylation sites is 1. The number of anilines is 1. The molecule has 0 saturated carbocycles. The number of aliphatic hydroxyl groups excluding tert-OH is 1. The van der Waals surface area contributed by atoms with Gasteiger partial charge in [-0.15, -0.1) is 0 Å². The second-order valence-electron chi connectivity index (χ2n) is 7.09. The molecule has 2 N–H and O–H groups in total. The number of thioether (sulfide) groups is 1. The lowest BCUT2D eigenvalue weighted by Gasteiger charge is -2.10. The van der Waals surface area contributed by atoms with Gasteiger partial charge in [0.1, 0.15) is 16.4 Å². The van der Waals surface area contributed by atoms with Crippen LogP contribution in [0.15, 0.2) is 101 Å². The van der Waals surface area contributed by atoms with Gasteiger partial charge in [-0.25, -0.2) is 0 Å². The zero-order valence-electron chi connectivity index (χ0n) is 16.7. The topological polar surface area (TPSA) is 61.7 Å². The predicted octanol–water partition coefficient (Wildman–Crippen LogP) is 6.05. The van der Waals surface area contributed by atoms with Crippen molar-refractivity contribution < 1.29 is 9.90 Å². The van der Waals surface area contributed by atoms with Crippen LogP contribution in [0.3, 0.4) is 0 Å². The minimum Gasteiger partial charge on any atom is -0.510 e. The van der Waals surface area contributed by atoms with Gasteiger partial charge in [0.05, 0.1) is 11.8 Å². The number of amides is 1. The fraction of sp³-hybridized carbons (Fsp3) is 0.120. The van der Waals surface area contributed by atoms with Gasteiger partial charge in [0, 0.05) is 10.7 Å². The summed E-state index contributed by atoms with van der Waals surface area (Å²) in [5.41, 5.74) is 2.84. The fourth-order valence-electron chi connectivity index (χ4n) is 3.31. The van der Waals surface area contributed by atoms with Crippen molar-refractivity contribution in [3.63, 3.8) is 0 Å². The van der Waals surface area contributed by atoms with Crippen molar-refractivity contribution in [3.05, 3.63) is 112 Å². The van der Waals surface area contributed by atoms with E-state index in [1.807, 2.05) is 72.8 Å². The van der Waals surface area contributed by atoms with Crippen LogP contribution in [0.4, 0.5) is 5.69 Å². The third kappa shape index (κ3) is 5.19. The van der Waals surface area contributed by atoms with Crippen LogP contribution in [0.25, 0.3) is 0 Å². The van der Waals surface area contributed by atoms with Gasteiger partial charge in [-0.3, -0.25) is 9.79 Å². The molecule has 0 spiro atoms. The van der Waals surface area contributed by atoms with E-state index >= 15 is 0 Å². The third-order valence-electron chi connectivity index (χ3n) is 4.90. The van der Waals surface area contributed by atoms with Gasteiger partial charge in [-0.2, -0.15) is 0 Å². The van der Waals surface area contributed by atoms with E-state index in [0.29, 0.717) is 28.7 Å². The van der Waals surface area contributed by atoms with Crippen LogP contribution in [-0.2, 0) is 17.8 Å². The summed E-state index contributed by atoms with van der Waals surface area (Å²) in [6.07, 6.45) is 0.503. The summed E-state index contributed by atoms with van der Waals surface area (Å²) >= 11 is 7.71. The van der Waals surface area contributed by atoms with E-state index in [4.69, 9.17) is 11.6 Å². The molecule has 1 aliphatic heterocycles. The average Bonchev–Trinajstić information content (AvgIpc) is 3.10. The molecular formula is C25H21ClN2O2S. The lowest BCUT2D eigenvalue weighted by atomic mass is 10.1. The molecule has 0 radical (unpaired) electrons. The number of carbonyl (C=O) groups excluding carboxylic acids is 1. The molecule has 0 bridgehead atoms. The Bertz CT molecular complexity index is 1130. The second kappa shape index (κ2) is 9.86. The molecule has 1 heterocycles. The summed E-state index contributed by atoms with van der Waals surface area (Å²) in [4.78, 5) is 17.7. The normalized spacial score (nSPS) is 17.2. The molecule has 0 unspecified atom stereocenters. The summed E-state index contributed by atoms with van der Waals surface area (Å²) in [5, 5.41) is 14.7. The first-order chi connectivity index (χ1) is 15.1. The van der Waals surface area contributed by atoms with Gasteiger partial charge in [0.15, 0.2) is 0 Å². The van der Waals surface area contributed by atoms with Crippen molar-refractivity contribution in [3.8, 4) is 0 Å². The Hall–Kier alpha value is -3.02. The van der Waals surface area contributed by atoms with Gasteiger partial charge in [0.2, 0.25) is 0 Å². The van der Waals surface area contributed by atoms with E-state index in [1.54, 1.807) is 12.1 Å². The molecule has 4 rings (SSSR count). The first kappa shape index (κ1) is 21.2. The van der Waals surface area contributed by atoms with Crippen LogP contribution in [0.5, 0.6) is 0 Å². The van der Waals surface area contributed by atoms with Gasteiger partial charge >= 0.3 is 0 Å². The molecule has 31 heavy (non-hydrogen) atoms. The first-order valence-electron chi connectivity index (χ1n) is 9.90. The molecule has 3 aromatic carbocycles. The van der Waals surface area contributed by atoms with E-state index in [0.717, 1.165) is 11.1 Å². The van der Waals surface area contributed by atoms with Crippen molar-refractivity contribution >= 4 is 40.0 Å². The van der Waals surface area contributed by atoms with Crippen molar-refractivity contribution in [1.82, 2.24) is 0 Å². The third-order valence-corrected chi connectivity index (χ3v) is 6.50. The van der Waals surface area contributed by atoms with Crippen molar-refractivity contribution in [2.75, 3.05) is 5.32 Å². The van der Waals surface area contributed by atoms with E-state index < -0.39 is 0 Å². The Balaban J connectivity index is 1.62. The van der Waals surface area contributed by atoms with Crippen LogP contribution >= 0.6 is 23.4 Å². The van der Waals surface area contributed by atoms with Gasteiger partial charge < -0.3 is 10.4 Å². The maximum Gasteiger partial charge on any atom is 0.261 e. The van der Waals surface area contributed by atoms with Gasteiger partial charge in [-0.05, 0) is 35.7 Å². The fourth-order valence-corrected chi connectivity index (χ4v) is 4.74. The quantitative estimate of drug-likeness (QED) is 0.482. The highest BCUT2D eigenvalue weighted by molar-refractivity contribution is 8.15. The number of halogens is 1. The number of rotatable bonds is 6. The lowest BCUT2D eigenvalue weighted by Crippen LogP contribution is -2.19. The van der Waals surface area contributed by atoms with Crippen molar-refractivity contribution in [2.24, 2.45) is 4.99 Å². The molecule has 0 saturated heterocycles. The van der Waals surface area contributed by atoms with Crippen molar-refractivity contribution in [1.29, 1.82) is 0 Å². The van der Waals surface area contributed by atoms with Crippen LogP contribution in [-0.4, -0.2) is 21.3 Å². The van der Waals surface area contributed by atoms with Crippen LogP contribution in [0.1, 0.15) is 11.1 Å². The Morgan fingerprint density at radius 2 is 1.61 bits per heavy atom. The van der Waals surface area contributed by atoms with E-state index in [1.165, 1.54) is 11.8 Å². The largest absolute Gasteiger partial charge is 0.510 e. The highest BCUT2D eigenvalue weighted by atomic mass is 35.5. The SMILES string of the molecule is O=C(Nc1ccccc1)C1=C(O)[C@H](Cc2ccccc2Cl)SC1=NCc1ccccc1. The number of benzene rings is 3. The Morgan fingerprint density at radius 3 is 2.32 bits per heavy atom. The number of nitrogens with one attached hydrogen (secondary N) is 1. The number of carbonyl (C=O) groups is 1. The average molecular weight is 449 g/mol. The minimum absolute atomic E-state index is 0.0326. The molecule has 0 aliphatic carbocycles. The second-order valence-corrected chi connectivity index (χ2v) is 8.69. The molecule has 1 aliphatic rings. The number of nitrogens with zero attached hydrogens (tertiary/aromatic N) is 1. The monoisotopic (exact) mass is 448 g/mol. The van der Waals surface area contributed by atoms with E-state index in [9.17, 15) is 9.90 Å². The number of hydrogen-bond acceptors (Lipinski definition) is 4. The molecule has 0 aromatic heterocycles. The van der Waals surface area contributed by atoms with E-state index in [2.05, 4.69) is 10.3 Å². The predicted molar refractivity (Wildman–Crippen MR) is 129 cm³/mol.